The van der Waals surface area contributed by atoms with Crippen LogP contribution in [0, 0.1) is 21.0 Å². The molecule has 17 nitrogen and oxygen atoms in total. The first kappa shape index (κ1) is 48.3. The first-order valence-electron chi connectivity index (χ1n) is 19.9. The second kappa shape index (κ2) is 25.4. The van der Waals surface area contributed by atoms with Crippen LogP contribution in [0.3, 0.4) is 0 Å². The molecule has 0 saturated carbocycles. The Bertz CT molecular complexity index is 2030. The Balaban J connectivity index is 0.789. The van der Waals surface area contributed by atoms with Gasteiger partial charge in [-0.2, -0.15) is 0 Å². The molecular weight excluding hydrogens is 936 g/mol. The molecule has 2 heterocycles. The number of ether oxygens (including phenoxy) is 5. The summed E-state index contributed by atoms with van der Waals surface area (Å²) in [5, 5.41) is 10.9. The SMILES string of the molecule is O=C1CCC(N2C(=O)c3cccc(NCCOCCOCCOCCOCCOCCNCCCONC(=O)c4ccc(F)c(F)c4Nc4ccc(I)cc4F)c3C2=O)C(=O)N1. The van der Waals surface area contributed by atoms with Gasteiger partial charge >= 0.3 is 0 Å². The number of halogens is 4. The summed E-state index contributed by atoms with van der Waals surface area (Å²) in [5.74, 6) is -6.29. The van der Waals surface area contributed by atoms with E-state index in [0.717, 1.165) is 17.0 Å². The van der Waals surface area contributed by atoms with E-state index in [1.165, 1.54) is 18.2 Å². The summed E-state index contributed by atoms with van der Waals surface area (Å²) in [7, 11) is 0. The van der Waals surface area contributed by atoms with Gasteiger partial charge in [-0.3, -0.25) is 39.0 Å². The number of anilines is 3. The summed E-state index contributed by atoms with van der Waals surface area (Å²) in [6, 6.07) is 9.86. The fourth-order valence-electron chi connectivity index (χ4n) is 6.20. The average Bonchev–Trinajstić information content (AvgIpc) is 3.50. The van der Waals surface area contributed by atoms with Gasteiger partial charge in [-0.25, -0.2) is 18.7 Å². The zero-order valence-electron chi connectivity index (χ0n) is 33.7. The van der Waals surface area contributed by atoms with Crippen LogP contribution in [-0.4, -0.2) is 133 Å². The smallest absolute Gasteiger partial charge is 0.277 e. The fourth-order valence-corrected chi connectivity index (χ4v) is 6.65. The quantitative estimate of drug-likeness (QED) is 0.0305. The second-order valence-electron chi connectivity index (χ2n) is 13.6. The monoisotopic (exact) mass is 984 g/mol. The van der Waals surface area contributed by atoms with Crippen molar-refractivity contribution in [3.8, 4) is 0 Å². The van der Waals surface area contributed by atoms with Gasteiger partial charge in [0.25, 0.3) is 17.7 Å². The van der Waals surface area contributed by atoms with Crippen molar-refractivity contribution in [2.75, 3.05) is 103 Å². The van der Waals surface area contributed by atoms with Crippen LogP contribution >= 0.6 is 22.6 Å². The second-order valence-corrected chi connectivity index (χ2v) is 14.8. The molecule has 21 heteroatoms. The van der Waals surface area contributed by atoms with Gasteiger partial charge < -0.3 is 39.6 Å². The number of hydroxylamine groups is 1. The highest BCUT2D eigenvalue weighted by Gasteiger charge is 2.45. The highest BCUT2D eigenvalue weighted by Crippen LogP contribution is 2.32. The number of piperidine rings is 1. The Kier molecular flexibility index (Phi) is 19.8. The molecule has 0 aromatic heterocycles. The van der Waals surface area contributed by atoms with Gasteiger partial charge in [0.15, 0.2) is 11.6 Å². The van der Waals surface area contributed by atoms with Gasteiger partial charge in [-0.15, -0.1) is 0 Å². The molecule has 1 atom stereocenters. The fraction of sp³-hybridized carbons (Fsp3) is 0.439. The Morgan fingerprint density at radius 2 is 1.40 bits per heavy atom. The largest absolute Gasteiger partial charge is 0.382 e. The van der Waals surface area contributed by atoms with Crippen molar-refractivity contribution in [3.05, 3.63) is 86.2 Å². The third-order valence-corrected chi connectivity index (χ3v) is 9.91. The lowest BCUT2D eigenvalue weighted by atomic mass is 10.0. The first-order chi connectivity index (χ1) is 30.1. The molecule has 2 aliphatic rings. The predicted octanol–water partition coefficient (Wildman–Crippen LogP) is 3.69. The van der Waals surface area contributed by atoms with E-state index in [1.54, 1.807) is 18.2 Å². The molecule has 3 aromatic rings. The van der Waals surface area contributed by atoms with Crippen LogP contribution in [0.25, 0.3) is 0 Å². The van der Waals surface area contributed by atoms with E-state index in [-0.39, 0.29) is 41.8 Å². The molecule has 336 valence electrons. The van der Waals surface area contributed by atoms with Gasteiger partial charge in [-0.1, -0.05) is 6.07 Å². The average molecular weight is 985 g/mol. The van der Waals surface area contributed by atoms with Gasteiger partial charge in [0.05, 0.1) is 101 Å². The lowest BCUT2D eigenvalue weighted by Crippen LogP contribution is -2.54. The molecule has 5 amide bonds. The zero-order valence-corrected chi connectivity index (χ0v) is 35.8. The molecule has 0 bridgehead atoms. The molecule has 0 radical (unpaired) electrons. The third-order valence-electron chi connectivity index (χ3n) is 9.24. The van der Waals surface area contributed by atoms with Crippen LogP contribution in [0.4, 0.5) is 30.2 Å². The molecule has 5 N–H and O–H groups in total. The van der Waals surface area contributed by atoms with E-state index in [1.807, 2.05) is 22.6 Å². The summed E-state index contributed by atoms with van der Waals surface area (Å²) in [5.41, 5.74) is 2.15. The number of benzene rings is 3. The molecule has 2 aliphatic heterocycles. The van der Waals surface area contributed by atoms with Gasteiger partial charge in [0.2, 0.25) is 11.8 Å². The van der Waals surface area contributed by atoms with E-state index in [2.05, 4.69) is 26.7 Å². The maximum absolute atomic E-state index is 14.6. The Labute approximate surface area is 369 Å². The van der Waals surface area contributed by atoms with Crippen molar-refractivity contribution < 1.29 is 65.7 Å². The van der Waals surface area contributed by atoms with Gasteiger partial charge in [-0.05, 0) is 84.4 Å². The molecule has 62 heavy (non-hydrogen) atoms. The molecule has 1 fully saturated rings. The van der Waals surface area contributed by atoms with E-state index in [9.17, 15) is 37.1 Å². The summed E-state index contributed by atoms with van der Waals surface area (Å²) < 4.78 is 71.0. The van der Waals surface area contributed by atoms with Crippen LogP contribution in [-0.2, 0) is 38.1 Å². The summed E-state index contributed by atoms with van der Waals surface area (Å²) in [6.45, 7) is 5.45. The number of carbonyl (C=O) groups excluding carboxylic acids is 5. The molecule has 0 spiro atoms. The number of hydrogen-bond acceptors (Lipinski definition) is 14. The number of amides is 5. The van der Waals surface area contributed by atoms with Crippen molar-refractivity contribution in [1.29, 1.82) is 0 Å². The van der Waals surface area contributed by atoms with Crippen molar-refractivity contribution >= 4 is 69.2 Å². The van der Waals surface area contributed by atoms with Gasteiger partial charge in [0, 0.05) is 28.8 Å². The van der Waals surface area contributed by atoms with E-state index in [4.69, 9.17) is 28.5 Å². The van der Waals surface area contributed by atoms with Crippen LogP contribution in [0.5, 0.6) is 0 Å². The first-order valence-corrected chi connectivity index (χ1v) is 20.9. The summed E-state index contributed by atoms with van der Waals surface area (Å²) >= 11 is 1.91. The van der Waals surface area contributed by atoms with Crippen LogP contribution in [0.2, 0.25) is 0 Å². The number of imide groups is 2. The topological polar surface area (TPSA) is 204 Å². The number of nitrogens with zero attached hydrogens (tertiary/aromatic N) is 1. The maximum atomic E-state index is 14.6. The maximum Gasteiger partial charge on any atom is 0.277 e. The minimum absolute atomic E-state index is 0.0493. The van der Waals surface area contributed by atoms with Crippen molar-refractivity contribution in [2.24, 2.45) is 0 Å². The number of nitrogens with one attached hydrogen (secondary N) is 5. The zero-order chi connectivity index (χ0) is 44.3. The minimum atomic E-state index is -1.33. The number of rotatable bonds is 28. The van der Waals surface area contributed by atoms with Crippen molar-refractivity contribution in [1.82, 2.24) is 21.0 Å². The number of carbonyl (C=O) groups is 5. The molecular formula is C41H48F3IN6O11. The highest BCUT2D eigenvalue weighted by atomic mass is 127. The Morgan fingerprint density at radius 3 is 2.06 bits per heavy atom. The molecule has 0 aliphatic carbocycles. The standard InChI is InChI=1S/C41H48F3IN6O11/c42-29-7-6-28(37(36(29)44)48-31-8-5-26(45)25-30(31)43)38(53)50-62-14-2-11-46-12-15-57-17-19-59-21-23-61-24-22-60-20-18-58-16-13-47-32-4-1-3-27-35(32)41(56)51(40(27)55)33-9-10-34(52)49-39(33)54/h1,3-8,25,33,46-48H,2,9-24H2,(H,50,53)(H,49,52,54). The molecule has 1 unspecified atom stereocenters. The van der Waals surface area contributed by atoms with E-state index >= 15 is 0 Å². The predicted molar refractivity (Wildman–Crippen MR) is 225 cm³/mol. The lowest BCUT2D eigenvalue weighted by Gasteiger charge is -2.27. The van der Waals surface area contributed by atoms with E-state index in [0.29, 0.717) is 101 Å². The summed E-state index contributed by atoms with van der Waals surface area (Å²) in [6.07, 6.45) is 0.665. The number of hydrogen-bond donors (Lipinski definition) is 5. The molecule has 1 saturated heterocycles. The Morgan fingerprint density at radius 1 is 0.742 bits per heavy atom. The van der Waals surface area contributed by atoms with Gasteiger partial charge in [0.1, 0.15) is 11.9 Å². The lowest BCUT2D eigenvalue weighted by molar-refractivity contribution is -0.136. The van der Waals surface area contributed by atoms with E-state index < -0.39 is 58.7 Å². The van der Waals surface area contributed by atoms with Crippen LogP contribution in [0.15, 0.2) is 48.5 Å². The Hall–Kier alpha value is -4.75. The van der Waals surface area contributed by atoms with Crippen molar-refractivity contribution in [3.63, 3.8) is 0 Å². The summed E-state index contributed by atoms with van der Waals surface area (Å²) in [4.78, 5) is 68.7. The van der Waals surface area contributed by atoms with Crippen molar-refractivity contribution in [2.45, 2.75) is 25.3 Å². The molecule has 5 rings (SSSR count). The normalized spacial score (nSPS) is 14.9. The minimum Gasteiger partial charge on any atom is -0.382 e. The van der Waals surface area contributed by atoms with Crippen LogP contribution in [0.1, 0.15) is 50.3 Å². The molecule has 3 aromatic carbocycles. The highest BCUT2D eigenvalue weighted by molar-refractivity contribution is 14.1. The number of fused-ring (bicyclic) bond motifs is 1. The van der Waals surface area contributed by atoms with Crippen LogP contribution < -0.4 is 26.7 Å². The third kappa shape index (κ3) is 14.1.